The number of allylic oxidation sites excluding steroid dienone is 2. The highest BCUT2D eigenvalue weighted by atomic mass is 16.1. The fraction of sp³-hybridized carbons (Fsp3) is 0.700. The number of hydrogen-bond acceptors (Lipinski definition) is 1. The van der Waals surface area contributed by atoms with E-state index >= 15 is 0 Å². The molecule has 0 aliphatic carbocycles. The van der Waals surface area contributed by atoms with Crippen molar-refractivity contribution in [1.82, 2.24) is 0 Å². The average Bonchev–Trinajstić information content (AvgIpc) is 1.96. The molecule has 0 aromatic carbocycles. The lowest BCUT2D eigenvalue weighted by atomic mass is 10.1. The molecule has 0 spiro atoms. The fourth-order valence-corrected chi connectivity index (χ4v) is 0.967. The second kappa shape index (κ2) is 7.52. The van der Waals surface area contributed by atoms with Gasteiger partial charge in [-0.05, 0) is 24.8 Å². The molecule has 0 bridgehead atoms. The van der Waals surface area contributed by atoms with Gasteiger partial charge < -0.3 is 0 Å². The summed E-state index contributed by atoms with van der Waals surface area (Å²) in [6.07, 6.45) is 9.19. The second-order valence-electron chi connectivity index (χ2n) is 3.24. The smallest absolute Gasteiger partial charge is 0.142 e. The van der Waals surface area contributed by atoms with Gasteiger partial charge >= 0.3 is 0 Å². The molecule has 1 heteroatoms. The van der Waals surface area contributed by atoms with Crippen molar-refractivity contribution in [1.29, 1.82) is 0 Å². The monoisotopic (exact) mass is 154 g/mol. The zero-order chi connectivity index (χ0) is 8.53. The van der Waals surface area contributed by atoms with Gasteiger partial charge in [-0.15, -0.1) is 0 Å². The topological polar surface area (TPSA) is 17.1 Å². The van der Waals surface area contributed by atoms with Gasteiger partial charge in [-0.2, -0.15) is 0 Å². The molecule has 0 aliphatic rings. The summed E-state index contributed by atoms with van der Waals surface area (Å²) in [6, 6.07) is 0. The van der Waals surface area contributed by atoms with Crippen molar-refractivity contribution in [3.63, 3.8) is 0 Å². The number of rotatable bonds is 6. The minimum Gasteiger partial charge on any atom is -0.299 e. The van der Waals surface area contributed by atoms with E-state index in [2.05, 4.69) is 13.8 Å². The molecule has 0 saturated heterocycles. The standard InChI is InChI=1S/C10H18O/c1-10(2)8-6-4-3-5-7-9-11/h5,7,9-10H,3-4,6,8H2,1-2H3. The Morgan fingerprint density at radius 3 is 2.55 bits per heavy atom. The molecule has 64 valence electrons. The average molecular weight is 154 g/mol. The van der Waals surface area contributed by atoms with Crippen LogP contribution in [0.5, 0.6) is 0 Å². The molecule has 0 aliphatic heterocycles. The number of carbonyl (C=O) groups is 1. The summed E-state index contributed by atoms with van der Waals surface area (Å²) < 4.78 is 0. The van der Waals surface area contributed by atoms with Gasteiger partial charge in [0, 0.05) is 0 Å². The molecule has 11 heavy (non-hydrogen) atoms. The first-order chi connectivity index (χ1) is 5.27. The maximum absolute atomic E-state index is 9.86. The van der Waals surface area contributed by atoms with E-state index in [9.17, 15) is 4.79 Å². The molecule has 1 nitrogen and oxygen atoms in total. The Kier molecular flexibility index (Phi) is 7.11. The summed E-state index contributed by atoms with van der Waals surface area (Å²) in [5.74, 6) is 0.810. The number of unbranched alkanes of at least 4 members (excludes halogenated alkanes) is 2. The summed E-state index contributed by atoms with van der Waals surface area (Å²) >= 11 is 0. The van der Waals surface area contributed by atoms with Crippen LogP contribution in [-0.4, -0.2) is 6.29 Å². The fourth-order valence-electron chi connectivity index (χ4n) is 0.967. The summed E-state index contributed by atoms with van der Waals surface area (Å²) in [4.78, 5) is 9.86. The number of carbonyl (C=O) groups excluding carboxylic acids is 1. The number of aldehydes is 1. The van der Waals surface area contributed by atoms with Crippen LogP contribution in [0.2, 0.25) is 0 Å². The molecule has 0 N–H and O–H groups in total. The van der Waals surface area contributed by atoms with Crippen LogP contribution in [0.4, 0.5) is 0 Å². The third-order valence-corrected chi connectivity index (χ3v) is 1.62. The van der Waals surface area contributed by atoms with Crippen molar-refractivity contribution in [2.75, 3.05) is 0 Å². The van der Waals surface area contributed by atoms with Gasteiger partial charge in [-0.25, -0.2) is 0 Å². The van der Waals surface area contributed by atoms with Crippen LogP contribution < -0.4 is 0 Å². The molecular weight excluding hydrogens is 136 g/mol. The van der Waals surface area contributed by atoms with E-state index in [-0.39, 0.29) is 0 Å². The Bertz CT molecular complexity index is 114. The molecule has 0 saturated carbocycles. The summed E-state index contributed by atoms with van der Waals surface area (Å²) in [7, 11) is 0. The van der Waals surface area contributed by atoms with E-state index in [4.69, 9.17) is 0 Å². The van der Waals surface area contributed by atoms with Gasteiger partial charge in [0.2, 0.25) is 0 Å². The number of hydrogen-bond donors (Lipinski definition) is 0. The first-order valence-corrected chi connectivity index (χ1v) is 4.37. The highest BCUT2D eigenvalue weighted by molar-refractivity contribution is 5.64. The summed E-state index contributed by atoms with van der Waals surface area (Å²) in [5.41, 5.74) is 0. The molecule has 0 fully saturated rings. The SMILES string of the molecule is CC(C)CCCCC=CC=O. The van der Waals surface area contributed by atoms with Crippen LogP contribution >= 0.6 is 0 Å². The second-order valence-corrected chi connectivity index (χ2v) is 3.24. The zero-order valence-corrected chi connectivity index (χ0v) is 7.55. The third-order valence-electron chi connectivity index (χ3n) is 1.62. The van der Waals surface area contributed by atoms with Crippen molar-refractivity contribution in [2.24, 2.45) is 5.92 Å². The van der Waals surface area contributed by atoms with Crippen LogP contribution in [0.1, 0.15) is 39.5 Å². The zero-order valence-electron chi connectivity index (χ0n) is 7.55. The highest BCUT2D eigenvalue weighted by Crippen LogP contribution is 2.07. The maximum Gasteiger partial charge on any atom is 0.142 e. The van der Waals surface area contributed by atoms with E-state index in [0.29, 0.717) is 0 Å². The van der Waals surface area contributed by atoms with E-state index in [1.54, 1.807) is 6.08 Å². The quantitative estimate of drug-likeness (QED) is 0.326. The minimum atomic E-state index is 0.810. The molecule has 0 rings (SSSR count). The first-order valence-electron chi connectivity index (χ1n) is 4.37. The van der Waals surface area contributed by atoms with Gasteiger partial charge in [0.1, 0.15) is 6.29 Å². The lowest BCUT2D eigenvalue weighted by Crippen LogP contribution is -1.85. The van der Waals surface area contributed by atoms with Crippen LogP contribution in [0, 0.1) is 5.92 Å². The normalized spacial score (nSPS) is 11.2. The lowest BCUT2D eigenvalue weighted by molar-refractivity contribution is -0.104. The predicted molar refractivity (Wildman–Crippen MR) is 48.5 cm³/mol. The largest absolute Gasteiger partial charge is 0.299 e. The summed E-state index contributed by atoms with van der Waals surface area (Å²) in [5, 5.41) is 0. The van der Waals surface area contributed by atoms with Gasteiger partial charge in [0.15, 0.2) is 0 Å². The van der Waals surface area contributed by atoms with Gasteiger partial charge in [-0.1, -0.05) is 32.8 Å². The van der Waals surface area contributed by atoms with E-state index in [0.717, 1.165) is 18.6 Å². The molecule has 0 aromatic rings. The Labute approximate surface area is 69.5 Å². The van der Waals surface area contributed by atoms with Gasteiger partial charge in [-0.3, -0.25) is 4.79 Å². The third kappa shape index (κ3) is 9.41. The maximum atomic E-state index is 9.86. The minimum absolute atomic E-state index is 0.810. The molecule has 0 unspecified atom stereocenters. The van der Waals surface area contributed by atoms with Gasteiger partial charge in [0.05, 0.1) is 0 Å². The van der Waals surface area contributed by atoms with Crippen molar-refractivity contribution in [2.45, 2.75) is 39.5 Å². The molecule has 0 amide bonds. The molecular formula is C10H18O. The van der Waals surface area contributed by atoms with Crippen molar-refractivity contribution in [3.8, 4) is 0 Å². The van der Waals surface area contributed by atoms with Crippen LogP contribution in [0.25, 0.3) is 0 Å². The van der Waals surface area contributed by atoms with Crippen LogP contribution in [0.15, 0.2) is 12.2 Å². The Hall–Kier alpha value is -0.590. The van der Waals surface area contributed by atoms with Gasteiger partial charge in [0.25, 0.3) is 0 Å². The lowest BCUT2D eigenvalue weighted by Gasteiger charge is -2.01. The highest BCUT2D eigenvalue weighted by Gasteiger charge is 1.91. The molecule has 0 heterocycles. The van der Waals surface area contributed by atoms with E-state index < -0.39 is 0 Å². The van der Waals surface area contributed by atoms with Crippen LogP contribution in [0.3, 0.4) is 0 Å². The Balaban J connectivity index is 3.02. The van der Waals surface area contributed by atoms with E-state index in [1.165, 1.54) is 19.3 Å². The van der Waals surface area contributed by atoms with Crippen molar-refractivity contribution < 1.29 is 4.79 Å². The molecule has 0 radical (unpaired) electrons. The van der Waals surface area contributed by atoms with E-state index in [1.807, 2.05) is 6.08 Å². The Morgan fingerprint density at radius 1 is 1.27 bits per heavy atom. The van der Waals surface area contributed by atoms with Crippen molar-refractivity contribution in [3.05, 3.63) is 12.2 Å². The predicted octanol–water partition coefficient (Wildman–Crippen LogP) is 2.96. The molecule has 0 atom stereocenters. The molecule has 0 aromatic heterocycles. The summed E-state index contributed by atoms with van der Waals surface area (Å²) in [6.45, 7) is 4.47. The van der Waals surface area contributed by atoms with Crippen LogP contribution in [-0.2, 0) is 4.79 Å². The Morgan fingerprint density at radius 2 is 2.00 bits per heavy atom. The first kappa shape index (κ1) is 10.4. The van der Waals surface area contributed by atoms with Crippen molar-refractivity contribution >= 4 is 6.29 Å².